The summed E-state index contributed by atoms with van der Waals surface area (Å²) < 4.78 is 10.8. The summed E-state index contributed by atoms with van der Waals surface area (Å²) >= 11 is 7.60. The Morgan fingerprint density at radius 1 is 1.38 bits per heavy atom. The zero-order chi connectivity index (χ0) is 18.5. The number of amides is 1. The molecule has 0 radical (unpaired) electrons. The third kappa shape index (κ3) is 4.42. The summed E-state index contributed by atoms with van der Waals surface area (Å²) in [5.41, 5.74) is 0.870. The van der Waals surface area contributed by atoms with Crippen LogP contribution in [0.4, 0.5) is 5.13 Å². The number of unbranched alkanes of at least 4 members (excludes halogenated alkanes) is 1. The summed E-state index contributed by atoms with van der Waals surface area (Å²) in [7, 11) is 0. The number of hydrogen-bond donors (Lipinski definition) is 1. The van der Waals surface area contributed by atoms with Crippen molar-refractivity contribution in [2.45, 2.75) is 26.2 Å². The number of benzene rings is 1. The second kappa shape index (κ2) is 8.33. The highest BCUT2D eigenvalue weighted by atomic mass is 35.5. The van der Waals surface area contributed by atoms with Gasteiger partial charge >= 0.3 is 5.63 Å². The van der Waals surface area contributed by atoms with Crippen LogP contribution in [0.1, 0.15) is 25.3 Å². The number of nitrogens with one attached hydrogen (secondary N) is 1. The predicted octanol–water partition coefficient (Wildman–Crippen LogP) is 4.26. The van der Waals surface area contributed by atoms with E-state index >= 15 is 0 Å². The third-order valence-electron chi connectivity index (χ3n) is 3.72. The van der Waals surface area contributed by atoms with Crippen LogP contribution in [-0.2, 0) is 11.2 Å². The largest absolute Gasteiger partial charge is 0.482 e. The number of aryl methyl sites for hydroxylation is 1. The van der Waals surface area contributed by atoms with Gasteiger partial charge in [0, 0.05) is 29.1 Å². The maximum atomic E-state index is 11.9. The maximum absolute atomic E-state index is 11.9. The highest BCUT2D eigenvalue weighted by Crippen LogP contribution is 2.31. The molecule has 0 saturated heterocycles. The van der Waals surface area contributed by atoms with Crippen LogP contribution in [0.2, 0.25) is 5.02 Å². The van der Waals surface area contributed by atoms with Crippen molar-refractivity contribution in [2.24, 2.45) is 0 Å². The van der Waals surface area contributed by atoms with Crippen LogP contribution in [0, 0.1) is 0 Å². The lowest BCUT2D eigenvalue weighted by atomic mass is 10.0. The predicted molar refractivity (Wildman–Crippen MR) is 102 cm³/mol. The Labute approximate surface area is 158 Å². The number of halogens is 1. The molecular formula is C18H17ClN2O4S. The molecule has 6 nitrogen and oxygen atoms in total. The molecule has 3 rings (SSSR count). The monoisotopic (exact) mass is 392 g/mol. The highest BCUT2D eigenvalue weighted by molar-refractivity contribution is 7.13. The minimum atomic E-state index is -0.418. The molecule has 0 fully saturated rings. The number of fused-ring (bicyclic) bond motifs is 1. The molecule has 3 aromatic rings. The Kier molecular flexibility index (Phi) is 5.90. The van der Waals surface area contributed by atoms with Crippen molar-refractivity contribution in [3.63, 3.8) is 0 Å². The maximum Gasteiger partial charge on any atom is 0.336 e. The summed E-state index contributed by atoms with van der Waals surface area (Å²) in [6.07, 6.45) is 4.35. The Morgan fingerprint density at radius 2 is 2.23 bits per heavy atom. The van der Waals surface area contributed by atoms with Crippen LogP contribution in [0.3, 0.4) is 0 Å². The van der Waals surface area contributed by atoms with Gasteiger partial charge < -0.3 is 9.15 Å². The van der Waals surface area contributed by atoms with Gasteiger partial charge in [-0.05, 0) is 24.5 Å². The number of thiazole rings is 1. The number of carbonyl (C=O) groups excluding carboxylic acids is 1. The zero-order valence-electron chi connectivity index (χ0n) is 14.1. The molecule has 136 valence electrons. The Balaban J connectivity index is 1.79. The van der Waals surface area contributed by atoms with Crippen LogP contribution < -0.4 is 15.7 Å². The second-order valence-corrected chi connectivity index (χ2v) is 6.95. The molecule has 0 aliphatic rings. The molecule has 1 aromatic carbocycles. The van der Waals surface area contributed by atoms with E-state index in [9.17, 15) is 9.59 Å². The third-order valence-corrected chi connectivity index (χ3v) is 4.70. The van der Waals surface area contributed by atoms with Crippen LogP contribution in [0.25, 0.3) is 11.0 Å². The number of carbonyl (C=O) groups is 1. The van der Waals surface area contributed by atoms with Crippen LogP contribution >= 0.6 is 22.9 Å². The van der Waals surface area contributed by atoms with E-state index in [-0.39, 0.29) is 18.3 Å². The number of anilines is 1. The normalized spacial score (nSPS) is 10.8. The fourth-order valence-corrected chi connectivity index (χ4v) is 3.26. The molecule has 2 aromatic heterocycles. The Morgan fingerprint density at radius 3 is 2.96 bits per heavy atom. The van der Waals surface area contributed by atoms with E-state index in [1.807, 2.05) is 0 Å². The van der Waals surface area contributed by atoms with Gasteiger partial charge in [0.1, 0.15) is 11.3 Å². The topological polar surface area (TPSA) is 81.4 Å². The number of rotatable bonds is 7. The van der Waals surface area contributed by atoms with Gasteiger partial charge in [0.25, 0.3) is 5.91 Å². The van der Waals surface area contributed by atoms with E-state index in [1.165, 1.54) is 17.4 Å². The Bertz CT molecular complexity index is 969. The first-order chi connectivity index (χ1) is 12.6. The molecule has 0 saturated carbocycles. The van der Waals surface area contributed by atoms with Crippen molar-refractivity contribution in [1.29, 1.82) is 0 Å². The molecule has 0 atom stereocenters. The first kappa shape index (κ1) is 18.4. The van der Waals surface area contributed by atoms with Crippen molar-refractivity contribution >= 4 is 44.9 Å². The molecule has 26 heavy (non-hydrogen) atoms. The van der Waals surface area contributed by atoms with Gasteiger partial charge in [-0.15, -0.1) is 11.3 Å². The molecule has 1 N–H and O–H groups in total. The van der Waals surface area contributed by atoms with Gasteiger partial charge in [-0.2, -0.15) is 0 Å². The second-order valence-electron chi connectivity index (χ2n) is 5.65. The van der Waals surface area contributed by atoms with Crippen molar-refractivity contribution in [2.75, 3.05) is 11.9 Å². The van der Waals surface area contributed by atoms with E-state index in [0.717, 1.165) is 30.2 Å². The zero-order valence-corrected chi connectivity index (χ0v) is 15.7. The minimum Gasteiger partial charge on any atom is -0.482 e. The lowest BCUT2D eigenvalue weighted by Crippen LogP contribution is -2.20. The fraction of sp³-hybridized carbons (Fsp3) is 0.278. The first-order valence-corrected chi connectivity index (χ1v) is 9.41. The first-order valence-electron chi connectivity index (χ1n) is 8.15. The quantitative estimate of drug-likeness (QED) is 0.607. The Hall–Kier alpha value is -2.38. The standard InChI is InChI=1S/C18H17ClN2O4S/c1-2-3-4-11-7-17(23)25-14-9-15(13(19)8-12(11)14)24-10-16(22)21-18-20-5-6-26-18/h5-9H,2-4,10H2,1H3,(H,20,21,22). The molecule has 8 heteroatoms. The van der Waals surface area contributed by atoms with Crippen molar-refractivity contribution in [1.82, 2.24) is 4.98 Å². The lowest BCUT2D eigenvalue weighted by molar-refractivity contribution is -0.118. The molecular weight excluding hydrogens is 376 g/mol. The lowest BCUT2D eigenvalue weighted by Gasteiger charge is -2.10. The van der Waals surface area contributed by atoms with Gasteiger partial charge in [0.2, 0.25) is 0 Å². The van der Waals surface area contributed by atoms with Gasteiger partial charge in [0.15, 0.2) is 11.7 Å². The average molecular weight is 393 g/mol. The number of nitrogens with zero attached hydrogens (tertiary/aromatic N) is 1. The highest BCUT2D eigenvalue weighted by Gasteiger charge is 2.13. The molecule has 2 heterocycles. The van der Waals surface area contributed by atoms with Gasteiger partial charge in [-0.25, -0.2) is 9.78 Å². The van der Waals surface area contributed by atoms with E-state index < -0.39 is 5.63 Å². The smallest absolute Gasteiger partial charge is 0.336 e. The summed E-state index contributed by atoms with van der Waals surface area (Å²) in [4.78, 5) is 27.7. The van der Waals surface area contributed by atoms with E-state index in [4.69, 9.17) is 20.8 Å². The summed E-state index contributed by atoms with van der Waals surface area (Å²) in [6.45, 7) is 1.86. The number of ether oxygens (including phenoxy) is 1. The SMILES string of the molecule is CCCCc1cc(=O)oc2cc(OCC(=O)Nc3nccs3)c(Cl)cc12. The van der Waals surface area contributed by atoms with Crippen molar-refractivity contribution in [3.8, 4) is 5.75 Å². The van der Waals surface area contributed by atoms with Crippen LogP contribution in [0.15, 0.2) is 39.0 Å². The summed E-state index contributed by atoms with van der Waals surface area (Å²) in [5, 5.41) is 6.00. The van der Waals surface area contributed by atoms with Gasteiger partial charge in [-0.3, -0.25) is 10.1 Å². The van der Waals surface area contributed by atoms with E-state index in [0.29, 0.717) is 15.7 Å². The van der Waals surface area contributed by atoms with Gasteiger partial charge in [-0.1, -0.05) is 24.9 Å². The molecule has 0 aliphatic heterocycles. The molecule has 0 bridgehead atoms. The average Bonchev–Trinajstić information content (AvgIpc) is 3.11. The molecule has 0 spiro atoms. The molecule has 0 aliphatic carbocycles. The van der Waals surface area contributed by atoms with Crippen LogP contribution in [0.5, 0.6) is 5.75 Å². The molecule has 0 unspecified atom stereocenters. The summed E-state index contributed by atoms with van der Waals surface area (Å²) in [6, 6.07) is 4.75. The van der Waals surface area contributed by atoms with Gasteiger partial charge in [0.05, 0.1) is 5.02 Å². The van der Waals surface area contributed by atoms with Crippen molar-refractivity contribution < 1.29 is 13.9 Å². The number of aromatic nitrogens is 1. The van der Waals surface area contributed by atoms with E-state index in [1.54, 1.807) is 23.7 Å². The molecule has 1 amide bonds. The minimum absolute atomic E-state index is 0.232. The van der Waals surface area contributed by atoms with Crippen molar-refractivity contribution in [3.05, 3.63) is 50.8 Å². The number of hydrogen-bond acceptors (Lipinski definition) is 6. The fourth-order valence-electron chi connectivity index (χ4n) is 2.50. The van der Waals surface area contributed by atoms with E-state index in [2.05, 4.69) is 17.2 Å². The van der Waals surface area contributed by atoms with Crippen LogP contribution in [-0.4, -0.2) is 17.5 Å². The summed E-state index contributed by atoms with van der Waals surface area (Å²) in [5.74, 6) is -0.0708.